The SMILES string of the molecule is CCOCCNS(=O)(=O)c1ccc(-c2c(F)cc(Nc3n[nH]c(N)n3)cc2C(F)(F)F)cc1. The van der Waals surface area contributed by atoms with Crippen LogP contribution in [-0.4, -0.2) is 43.4 Å². The van der Waals surface area contributed by atoms with Crippen LogP contribution in [0.1, 0.15) is 12.5 Å². The van der Waals surface area contributed by atoms with Gasteiger partial charge >= 0.3 is 6.18 Å². The van der Waals surface area contributed by atoms with Crippen molar-refractivity contribution in [3.8, 4) is 11.1 Å². The number of aromatic nitrogens is 3. The highest BCUT2D eigenvalue weighted by Crippen LogP contribution is 2.41. The molecule has 0 bridgehead atoms. The molecule has 0 saturated heterocycles. The number of halogens is 4. The zero-order chi connectivity index (χ0) is 24.2. The van der Waals surface area contributed by atoms with Crippen LogP contribution >= 0.6 is 0 Å². The number of nitrogens with two attached hydrogens (primary N) is 1. The second kappa shape index (κ2) is 9.72. The Morgan fingerprint density at radius 2 is 1.88 bits per heavy atom. The van der Waals surface area contributed by atoms with Crippen LogP contribution in [0.25, 0.3) is 11.1 Å². The third-order valence-corrected chi connectivity index (χ3v) is 5.83. The van der Waals surface area contributed by atoms with Crippen molar-refractivity contribution in [1.29, 1.82) is 0 Å². The van der Waals surface area contributed by atoms with E-state index in [1.54, 1.807) is 6.92 Å². The maximum Gasteiger partial charge on any atom is 0.417 e. The van der Waals surface area contributed by atoms with Gasteiger partial charge in [-0.2, -0.15) is 18.2 Å². The van der Waals surface area contributed by atoms with Gasteiger partial charge in [0.1, 0.15) is 5.82 Å². The Labute approximate surface area is 186 Å². The summed E-state index contributed by atoms with van der Waals surface area (Å²) in [4.78, 5) is 3.51. The predicted octanol–water partition coefficient (Wildman–Crippen LogP) is 3.27. The first-order valence-electron chi connectivity index (χ1n) is 9.54. The molecule has 0 radical (unpaired) electrons. The molecule has 0 amide bonds. The molecule has 1 heterocycles. The Morgan fingerprint density at radius 1 is 1.18 bits per heavy atom. The number of benzene rings is 2. The first kappa shape index (κ1) is 24.4. The number of rotatable bonds is 9. The lowest BCUT2D eigenvalue weighted by Gasteiger charge is -2.16. The average molecular weight is 488 g/mol. The predicted molar refractivity (Wildman–Crippen MR) is 113 cm³/mol. The molecular formula is C19H20F4N6O3S. The van der Waals surface area contributed by atoms with Crippen molar-refractivity contribution < 1.29 is 30.7 Å². The number of alkyl halides is 3. The summed E-state index contributed by atoms with van der Waals surface area (Å²) in [5, 5.41) is 8.37. The molecule has 0 spiro atoms. The van der Waals surface area contributed by atoms with Crippen LogP contribution < -0.4 is 15.8 Å². The summed E-state index contributed by atoms with van der Waals surface area (Å²) in [6.45, 7) is 2.36. The van der Waals surface area contributed by atoms with Crippen molar-refractivity contribution in [2.75, 3.05) is 30.8 Å². The standard InChI is InChI=1S/C19H20F4N6O3S/c1-2-32-8-7-25-33(30,31)13-5-3-11(4-6-13)16-14(19(21,22)23)9-12(10-15(16)20)26-18-27-17(24)28-29-18/h3-6,9-10,25H,2,7-8H2,1H3,(H4,24,26,27,28,29). The summed E-state index contributed by atoms with van der Waals surface area (Å²) in [7, 11) is -3.91. The van der Waals surface area contributed by atoms with Crippen molar-refractivity contribution in [2.24, 2.45) is 0 Å². The molecule has 3 aromatic rings. The number of nitrogens with one attached hydrogen (secondary N) is 3. The highest BCUT2D eigenvalue weighted by molar-refractivity contribution is 7.89. The molecule has 0 atom stereocenters. The van der Waals surface area contributed by atoms with Crippen LogP contribution in [0.15, 0.2) is 41.3 Å². The first-order valence-corrected chi connectivity index (χ1v) is 11.0. The fraction of sp³-hybridized carbons (Fsp3) is 0.263. The van der Waals surface area contributed by atoms with E-state index in [0.717, 1.165) is 30.3 Å². The van der Waals surface area contributed by atoms with Crippen LogP contribution in [0, 0.1) is 5.82 Å². The number of H-pyrrole nitrogens is 1. The molecule has 1 aromatic heterocycles. The van der Waals surface area contributed by atoms with Crippen LogP contribution in [0.5, 0.6) is 0 Å². The molecule has 33 heavy (non-hydrogen) atoms. The van der Waals surface area contributed by atoms with E-state index in [9.17, 15) is 26.0 Å². The van der Waals surface area contributed by atoms with Gasteiger partial charge in [-0.15, -0.1) is 5.10 Å². The smallest absolute Gasteiger partial charge is 0.380 e. The van der Waals surface area contributed by atoms with Crippen molar-refractivity contribution >= 4 is 27.6 Å². The molecule has 2 aromatic carbocycles. The molecule has 9 nitrogen and oxygen atoms in total. The van der Waals surface area contributed by atoms with Crippen LogP contribution in [0.3, 0.4) is 0 Å². The number of hydrogen-bond acceptors (Lipinski definition) is 7. The summed E-state index contributed by atoms with van der Waals surface area (Å²) in [6, 6.07) is 5.95. The normalized spacial score (nSPS) is 12.2. The van der Waals surface area contributed by atoms with Gasteiger partial charge in [0.2, 0.25) is 21.9 Å². The van der Waals surface area contributed by atoms with Crippen molar-refractivity contribution in [1.82, 2.24) is 19.9 Å². The summed E-state index contributed by atoms with van der Waals surface area (Å²) in [5.74, 6) is -1.39. The molecule has 0 aliphatic rings. The quantitative estimate of drug-likeness (QED) is 0.268. The number of hydrogen-bond donors (Lipinski definition) is 4. The van der Waals surface area contributed by atoms with Crippen LogP contribution in [-0.2, 0) is 20.9 Å². The number of ether oxygens (including phenoxy) is 1. The topological polar surface area (TPSA) is 135 Å². The minimum Gasteiger partial charge on any atom is -0.380 e. The fourth-order valence-electron chi connectivity index (χ4n) is 2.93. The van der Waals surface area contributed by atoms with Gasteiger partial charge in [0, 0.05) is 24.4 Å². The highest BCUT2D eigenvalue weighted by atomic mass is 32.2. The fourth-order valence-corrected chi connectivity index (χ4v) is 3.94. The van der Waals surface area contributed by atoms with Crippen molar-refractivity contribution in [2.45, 2.75) is 18.0 Å². The third-order valence-electron chi connectivity index (χ3n) is 4.35. The van der Waals surface area contributed by atoms with E-state index >= 15 is 0 Å². The van der Waals surface area contributed by atoms with E-state index in [4.69, 9.17) is 10.5 Å². The molecule has 0 aliphatic carbocycles. The number of anilines is 3. The van der Waals surface area contributed by atoms with Gasteiger partial charge in [0.15, 0.2) is 0 Å². The highest BCUT2D eigenvalue weighted by Gasteiger charge is 2.36. The summed E-state index contributed by atoms with van der Waals surface area (Å²) in [6.07, 6.45) is -4.91. The largest absolute Gasteiger partial charge is 0.417 e. The summed E-state index contributed by atoms with van der Waals surface area (Å²) in [5.41, 5.74) is 2.98. The molecule has 0 aliphatic heterocycles. The minimum atomic E-state index is -4.91. The Kier molecular flexibility index (Phi) is 7.19. The zero-order valence-electron chi connectivity index (χ0n) is 17.2. The number of aromatic amines is 1. The lowest BCUT2D eigenvalue weighted by atomic mass is 9.98. The molecule has 0 unspecified atom stereocenters. The molecule has 5 N–H and O–H groups in total. The van der Waals surface area contributed by atoms with Crippen molar-refractivity contribution in [3.63, 3.8) is 0 Å². The van der Waals surface area contributed by atoms with E-state index in [-0.39, 0.29) is 41.2 Å². The average Bonchev–Trinajstić information content (AvgIpc) is 3.15. The van der Waals surface area contributed by atoms with E-state index in [2.05, 4.69) is 25.2 Å². The van der Waals surface area contributed by atoms with Crippen LogP contribution in [0.4, 0.5) is 35.1 Å². The summed E-state index contributed by atoms with van der Waals surface area (Å²) < 4.78 is 88.0. The Hall–Kier alpha value is -3.23. The lowest BCUT2D eigenvalue weighted by molar-refractivity contribution is -0.137. The summed E-state index contributed by atoms with van der Waals surface area (Å²) >= 11 is 0. The van der Waals surface area contributed by atoms with Crippen molar-refractivity contribution in [3.05, 3.63) is 47.8 Å². The van der Waals surface area contributed by atoms with Crippen LogP contribution in [0.2, 0.25) is 0 Å². The van der Waals surface area contributed by atoms with E-state index in [1.165, 1.54) is 0 Å². The number of nitrogens with zero attached hydrogens (tertiary/aromatic N) is 2. The van der Waals surface area contributed by atoms with Gasteiger partial charge in [-0.1, -0.05) is 12.1 Å². The molecule has 3 rings (SSSR count). The van der Waals surface area contributed by atoms with Gasteiger partial charge in [-0.05, 0) is 36.8 Å². The molecular weight excluding hydrogens is 468 g/mol. The monoisotopic (exact) mass is 488 g/mol. The minimum absolute atomic E-state index is 0.0236. The van der Waals surface area contributed by atoms with Gasteiger partial charge in [-0.3, -0.25) is 0 Å². The Bertz CT molecular complexity index is 1210. The Morgan fingerprint density at radius 3 is 2.45 bits per heavy atom. The van der Waals surface area contributed by atoms with E-state index in [0.29, 0.717) is 12.7 Å². The molecule has 14 heteroatoms. The second-order valence-electron chi connectivity index (χ2n) is 6.67. The molecule has 178 valence electrons. The number of nitrogen functional groups attached to an aromatic ring is 1. The Balaban J connectivity index is 1.93. The second-order valence-corrected chi connectivity index (χ2v) is 8.43. The first-order chi connectivity index (χ1) is 15.5. The van der Waals surface area contributed by atoms with E-state index in [1.807, 2.05) is 0 Å². The van der Waals surface area contributed by atoms with E-state index < -0.39 is 33.1 Å². The molecule has 0 saturated carbocycles. The maximum absolute atomic E-state index is 14.9. The zero-order valence-corrected chi connectivity index (χ0v) is 18.0. The van der Waals surface area contributed by atoms with Gasteiger partial charge < -0.3 is 15.8 Å². The third kappa shape index (κ3) is 5.97. The number of sulfonamides is 1. The van der Waals surface area contributed by atoms with Gasteiger partial charge in [0.05, 0.1) is 17.1 Å². The molecule has 0 fully saturated rings. The maximum atomic E-state index is 14.9. The van der Waals surface area contributed by atoms with Gasteiger partial charge in [-0.25, -0.2) is 22.6 Å². The lowest BCUT2D eigenvalue weighted by Crippen LogP contribution is -2.27. The van der Waals surface area contributed by atoms with Gasteiger partial charge in [0.25, 0.3) is 0 Å².